The van der Waals surface area contributed by atoms with E-state index >= 15 is 0 Å². The molecular formula is C19H17NO7. The first-order valence-corrected chi connectivity index (χ1v) is 7.93. The fourth-order valence-electron chi connectivity index (χ4n) is 2.41. The standard InChI is InChI=1S/C19H17NO7/c1-20(2)16(23)9-26-11-5-3-10(4-6-11)14-7-12(21)17-15(27-14)8-13(22)18(24)19(17)25/h3-8,22,24-25H,9H2,1-2H3. The Hall–Kier alpha value is -3.68. The van der Waals surface area contributed by atoms with Crippen molar-refractivity contribution < 1.29 is 29.3 Å². The summed E-state index contributed by atoms with van der Waals surface area (Å²) in [6.07, 6.45) is 0. The minimum Gasteiger partial charge on any atom is -0.504 e. The quantitative estimate of drug-likeness (QED) is 0.600. The number of benzene rings is 2. The van der Waals surface area contributed by atoms with Crippen molar-refractivity contribution in [3.63, 3.8) is 0 Å². The van der Waals surface area contributed by atoms with Crippen LogP contribution < -0.4 is 10.2 Å². The third kappa shape index (κ3) is 3.50. The van der Waals surface area contributed by atoms with Gasteiger partial charge in [0, 0.05) is 31.8 Å². The fraction of sp³-hybridized carbons (Fsp3) is 0.158. The van der Waals surface area contributed by atoms with E-state index in [2.05, 4.69) is 0 Å². The zero-order valence-corrected chi connectivity index (χ0v) is 14.6. The number of aromatic hydroxyl groups is 3. The van der Waals surface area contributed by atoms with E-state index in [9.17, 15) is 24.9 Å². The second-order valence-corrected chi connectivity index (χ2v) is 6.04. The van der Waals surface area contributed by atoms with Gasteiger partial charge in [0.05, 0.1) is 0 Å². The molecule has 1 heterocycles. The topological polar surface area (TPSA) is 120 Å². The first-order chi connectivity index (χ1) is 12.8. The van der Waals surface area contributed by atoms with Crippen molar-refractivity contribution >= 4 is 16.9 Å². The molecule has 0 radical (unpaired) electrons. The van der Waals surface area contributed by atoms with Gasteiger partial charge in [-0.15, -0.1) is 0 Å². The van der Waals surface area contributed by atoms with Crippen molar-refractivity contribution in [3.05, 3.63) is 46.6 Å². The molecule has 0 spiro atoms. The molecule has 0 bridgehead atoms. The van der Waals surface area contributed by atoms with Crippen LogP contribution >= 0.6 is 0 Å². The molecule has 1 amide bonds. The largest absolute Gasteiger partial charge is 0.504 e. The van der Waals surface area contributed by atoms with E-state index < -0.39 is 22.7 Å². The molecule has 8 heteroatoms. The molecule has 0 aliphatic carbocycles. The zero-order valence-electron chi connectivity index (χ0n) is 14.6. The van der Waals surface area contributed by atoms with Gasteiger partial charge in [-0.3, -0.25) is 9.59 Å². The van der Waals surface area contributed by atoms with Crippen LogP contribution in [0.2, 0.25) is 0 Å². The van der Waals surface area contributed by atoms with E-state index in [0.717, 1.165) is 6.07 Å². The number of phenols is 3. The minimum absolute atomic E-state index is 0.0674. The SMILES string of the molecule is CN(C)C(=O)COc1ccc(-c2cc(=O)c3c(O)c(O)c(O)cc3o2)cc1. The Labute approximate surface area is 153 Å². The summed E-state index contributed by atoms with van der Waals surface area (Å²) < 4.78 is 11.0. The summed E-state index contributed by atoms with van der Waals surface area (Å²) >= 11 is 0. The van der Waals surface area contributed by atoms with Crippen LogP contribution in [0, 0.1) is 0 Å². The monoisotopic (exact) mass is 371 g/mol. The average Bonchev–Trinajstić information content (AvgIpc) is 2.64. The minimum atomic E-state index is -0.781. The number of ether oxygens (including phenoxy) is 1. The van der Waals surface area contributed by atoms with E-state index in [-0.39, 0.29) is 29.2 Å². The lowest BCUT2D eigenvalue weighted by Crippen LogP contribution is -2.27. The number of carbonyl (C=O) groups is 1. The normalized spacial score (nSPS) is 10.7. The van der Waals surface area contributed by atoms with Gasteiger partial charge in [0.25, 0.3) is 5.91 Å². The number of likely N-dealkylation sites (N-methyl/N-ethyl adjacent to an activating group) is 1. The number of amides is 1. The summed E-state index contributed by atoms with van der Waals surface area (Å²) in [7, 11) is 3.26. The molecule has 0 unspecified atom stereocenters. The molecular weight excluding hydrogens is 354 g/mol. The Bertz CT molecular complexity index is 1070. The maximum Gasteiger partial charge on any atom is 0.259 e. The Morgan fingerprint density at radius 1 is 1.07 bits per heavy atom. The number of hydrogen-bond donors (Lipinski definition) is 3. The second-order valence-electron chi connectivity index (χ2n) is 6.04. The van der Waals surface area contributed by atoms with Crippen molar-refractivity contribution in [1.29, 1.82) is 0 Å². The molecule has 0 aliphatic rings. The van der Waals surface area contributed by atoms with Crippen LogP contribution in [-0.2, 0) is 4.79 Å². The molecule has 0 aliphatic heterocycles. The molecule has 140 valence electrons. The van der Waals surface area contributed by atoms with Gasteiger partial charge in [0.15, 0.2) is 23.5 Å². The summed E-state index contributed by atoms with van der Waals surface area (Å²) in [5.41, 5.74) is -0.0921. The Balaban J connectivity index is 1.93. The van der Waals surface area contributed by atoms with Crippen LogP contribution in [0.15, 0.2) is 45.6 Å². The molecule has 3 N–H and O–H groups in total. The molecule has 3 rings (SSSR count). The molecule has 3 aromatic rings. The number of hydrogen-bond acceptors (Lipinski definition) is 7. The van der Waals surface area contributed by atoms with Gasteiger partial charge < -0.3 is 29.4 Å². The van der Waals surface area contributed by atoms with Crippen LogP contribution in [0.3, 0.4) is 0 Å². The summed E-state index contributed by atoms with van der Waals surface area (Å²) in [4.78, 5) is 25.2. The predicted octanol–water partition coefficient (Wildman–Crippen LogP) is 2.04. The number of phenolic OH excluding ortho intramolecular Hbond substituents is 3. The predicted molar refractivity (Wildman–Crippen MR) is 97.1 cm³/mol. The van der Waals surface area contributed by atoms with E-state index in [0.29, 0.717) is 11.3 Å². The fourth-order valence-corrected chi connectivity index (χ4v) is 2.41. The molecule has 0 fully saturated rings. The molecule has 1 aromatic heterocycles. The number of rotatable bonds is 4. The summed E-state index contributed by atoms with van der Waals surface area (Å²) in [6, 6.07) is 8.74. The van der Waals surface area contributed by atoms with E-state index in [1.54, 1.807) is 38.4 Å². The zero-order chi connectivity index (χ0) is 19.7. The number of nitrogens with zero attached hydrogens (tertiary/aromatic N) is 1. The first kappa shape index (κ1) is 18.1. The van der Waals surface area contributed by atoms with Gasteiger partial charge in [-0.25, -0.2) is 0 Å². The second kappa shape index (κ2) is 6.91. The van der Waals surface area contributed by atoms with Crippen LogP contribution in [-0.4, -0.2) is 46.8 Å². The van der Waals surface area contributed by atoms with Gasteiger partial charge >= 0.3 is 0 Å². The molecule has 0 atom stereocenters. The number of carbonyl (C=O) groups excluding carboxylic acids is 1. The van der Waals surface area contributed by atoms with Crippen LogP contribution in [0.25, 0.3) is 22.3 Å². The Morgan fingerprint density at radius 2 is 1.74 bits per heavy atom. The van der Waals surface area contributed by atoms with Crippen LogP contribution in [0.1, 0.15) is 0 Å². The van der Waals surface area contributed by atoms with Crippen molar-refractivity contribution in [3.8, 4) is 34.3 Å². The van der Waals surface area contributed by atoms with Crippen LogP contribution in [0.5, 0.6) is 23.0 Å². The van der Waals surface area contributed by atoms with Gasteiger partial charge in [0.2, 0.25) is 5.75 Å². The molecule has 0 saturated carbocycles. The summed E-state index contributed by atoms with van der Waals surface area (Å²) in [5, 5.41) is 28.8. The van der Waals surface area contributed by atoms with Gasteiger partial charge in [-0.05, 0) is 24.3 Å². The van der Waals surface area contributed by atoms with Gasteiger partial charge in [0.1, 0.15) is 22.5 Å². The van der Waals surface area contributed by atoms with E-state index in [1.165, 1.54) is 11.0 Å². The lowest BCUT2D eigenvalue weighted by atomic mass is 10.1. The molecule has 27 heavy (non-hydrogen) atoms. The van der Waals surface area contributed by atoms with Crippen molar-refractivity contribution in [2.75, 3.05) is 20.7 Å². The number of fused-ring (bicyclic) bond motifs is 1. The maximum absolute atomic E-state index is 12.3. The van der Waals surface area contributed by atoms with Gasteiger partial charge in [-0.2, -0.15) is 0 Å². The Morgan fingerprint density at radius 3 is 2.37 bits per heavy atom. The third-order valence-electron chi connectivity index (χ3n) is 3.95. The van der Waals surface area contributed by atoms with Crippen LogP contribution in [0.4, 0.5) is 0 Å². The summed E-state index contributed by atoms with van der Waals surface area (Å²) in [5.74, 6) is -1.63. The van der Waals surface area contributed by atoms with Crippen molar-refractivity contribution in [2.24, 2.45) is 0 Å². The highest BCUT2D eigenvalue weighted by Crippen LogP contribution is 2.40. The van der Waals surface area contributed by atoms with Crippen molar-refractivity contribution in [1.82, 2.24) is 4.90 Å². The van der Waals surface area contributed by atoms with Gasteiger partial charge in [-0.1, -0.05) is 0 Å². The van der Waals surface area contributed by atoms with E-state index in [4.69, 9.17) is 9.15 Å². The highest BCUT2D eigenvalue weighted by Gasteiger charge is 2.17. The average molecular weight is 371 g/mol. The summed E-state index contributed by atoms with van der Waals surface area (Å²) in [6.45, 7) is -0.0978. The maximum atomic E-state index is 12.3. The Kier molecular flexibility index (Phi) is 4.64. The lowest BCUT2D eigenvalue weighted by Gasteiger charge is -2.11. The molecule has 0 saturated heterocycles. The van der Waals surface area contributed by atoms with Crippen molar-refractivity contribution in [2.45, 2.75) is 0 Å². The lowest BCUT2D eigenvalue weighted by molar-refractivity contribution is -0.130. The molecule has 2 aromatic carbocycles. The smallest absolute Gasteiger partial charge is 0.259 e. The highest BCUT2D eigenvalue weighted by molar-refractivity contribution is 5.89. The third-order valence-corrected chi connectivity index (χ3v) is 3.95. The van der Waals surface area contributed by atoms with E-state index in [1.807, 2.05) is 0 Å². The highest BCUT2D eigenvalue weighted by atomic mass is 16.5. The first-order valence-electron chi connectivity index (χ1n) is 7.93. The molecule has 8 nitrogen and oxygen atoms in total.